The van der Waals surface area contributed by atoms with E-state index in [1.807, 2.05) is 0 Å². The third kappa shape index (κ3) is 1.50. The van der Waals surface area contributed by atoms with E-state index in [1.165, 1.54) is 0 Å². The van der Waals surface area contributed by atoms with Gasteiger partial charge in [0.15, 0.2) is 0 Å². The number of amides is 1. The first-order valence-electron chi connectivity index (χ1n) is 2.59. The van der Waals surface area contributed by atoms with Crippen LogP contribution in [0.4, 0.5) is 0 Å². The van der Waals surface area contributed by atoms with Crippen molar-refractivity contribution in [3.05, 3.63) is 6.61 Å². The minimum Gasteiger partial charge on any atom is -0.373 e. The molecule has 0 atom stereocenters. The maximum atomic E-state index is 10.5. The van der Waals surface area contributed by atoms with Gasteiger partial charge in [0.05, 0.1) is 6.61 Å². The minimum atomic E-state index is 0.0683. The Kier molecular flexibility index (Phi) is 1.86. The number of hydrogen-bond donors (Lipinski definition) is 1. The molecule has 1 radical (unpaired) electrons. The molecule has 0 bridgehead atoms. The lowest BCUT2D eigenvalue weighted by Gasteiger charge is -1.92. The zero-order valence-electron chi connectivity index (χ0n) is 4.52. The molecule has 8 heavy (non-hydrogen) atoms. The molecule has 1 heterocycles. The smallest absolute Gasteiger partial charge is 0.222 e. The summed E-state index contributed by atoms with van der Waals surface area (Å²) in [7, 11) is 0. The molecule has 0 unspecified atom stereocenters. The Morgan fingerprint density at radius 3 is 3.50 bits per heavy atom. The Morgan fingerprint density at radius 2 is 2.62 bits per heavy atom. The van der Waals surface area contributed by atoms with E-state index >= 15 is 0 Å². The number of nitrogens with one attached hydrogen (secondary N) is 1. The highest BCUT2D eigenvalue weighted by Gasteiger charge is 2.03. The van der Waals surface area contributed by atoms with E-state index in [4.69, 9.17) is 4.74 Å². The van der Waals surface area contributed by atoms with Crippen molar-refractivity contribution >= 4 is 5.91 Å². The van der Waals surface area contributed by atoms with Gasteiger partial charge in [0, 0.05) is 13.0 Å². The Balaban J connectivity index is 2.27. The van der Waals surface area contributed by atoms with Gasteiger partial charge in [-0.05, 0) is 0 Å². The van der Waals surface area contributed by atoms with Gasteiger partial charge in [-0.15, -0.1) is 0 Å². The van der Waals surface area contributed by atoms with Crippen LogP contribution in [0.5, 0.6) is 0 Å². The van der Waals surface area contributed by atoms with E-state index in [2.05, 4.69) is 5.32 Å². The van der Waals surface area contributed by atoms with Crippen molar-refractivity contribution in [2.24, 2.45) is 0 Å². The maximum absolute atomic E-state index is 10.5. The van der Waals surface area contributed by atoms with Crippen LogP contribution in [0.3, 0.4) is 0 Å². The van der Waals surface area contributed by atoms with E-state index in [0.29, 0.717) is 19.6 Å². The van der Waals surface area contributed by atoms with Crippen molar-refractivity contribution in [1.82, 2.24) is 5.32 Å². The molecule has 1 aliphatic rings. The summed E-state index contributed by atoms with van der Waals surface area (Å²) in [5.41, 5.74) is 0. The first-order valence-corrected chi connectivity index (χ1v) is 2.59. The molecule has 3 nitrogen and oxygen atoms in total. The van der Waals surface area contributed by atoms with Crippen LogP contribution in [-0.4, -0.2) is 19.1 Å². The predicted octanol–water partition coefficient (Wildman–Crippen LogP) is -0.315. The predicted molar refractivity (Wildman–Crippen MR) is 27.9 cm³/mol. The lowest BCUT2D eigenvalue weighted by Crippen LogP contribution is -2.21. The fourth-order valence-electron chi connectivity index (χ4n) is 0.538. The van der Waals surface area contributed by atoms with Gasteiger partial charge in [0.2, 0.25) is 5.91 Å². The molecule has 1 amide bonds. The first-order chi connectivity index (χ1) is 3.89. The molecule has 1 fully saturated rings. The van der Waals surface area contributed by atoms with E-state index in [1.54, 1.807) is 6.61 Å². The molecule has 0 aromatic carbocycles. The Labute approximate surface area is 48.0 Å². The van der Waals surface area contributed by atoms with E-state index < -0.39 is 0 Å². The number of hydrogen-bond acceptors (Lipinski definition) is 2. The molecular weight excluding hydrogens is 106 g/mol. The largest absolute Gasteiger partial charge is 0.373 e. The lowest BCUT2D eigenvalue weighted by atomic mass is 10.4. The zero-order valence-corrected chi connectivity index (χ0v) is 4.52. The Bertz CT molecular complexity index is 82.4. The van der Waals surface area contributed by atoms with E-state index in [9.17, 15) is 4.79 Å². The highest BCUT2D eigenvalue weighted by molar-refractivity contribution is 5.76. The van der Waals surface area contributed by atoms with Crippen molar-refractivity contribution < 1.29 is 9.53 Å². The summed E-state index contributed by atoms with van der Waals surface area (Å²) in [4.78, 5) is 10.5. The molecule has 0 spiro atoms. The fourth-order valence-corrected chi connectivity index (χ4v) is 0.538. The van der Waals surface area contributed by atoms with E-state index in [-0.39, 0.29) is 5.91 Å². The first kappa shape index (κ1) is 5.56. The summed E-state index contributed by atoms with van der Waals surface area (Å²) < 4.78 is 4.86. The van der Waals surface area contributed by atoms with Crippen molar-refractivity contribution in [3.8, 4) is 0 Å². The van der Waals surface area contributed by atoms with Crippen LogP contribution in [0.2, 0.25) is 0 Å². The van der Waals surface area contributed by atoms with Gasteiger partial charge in [-0.3, -0.25) is 4.79 Å². The number of carbonyl (C=O) groups is 1. The monoisotopic (exact) mass is 114 g/mol. The Morgan fingerprint density at radius 1 is 1.75 bits per heavy atom. The molecule has 3 heteroatoms. The van der Waals surface area contributed by atoms with Gasteiger partial charge in [-0.25, -0.2) is 0 Å². The van der Waals surface area contributed by atoms with Crippen molar-refractivity contribution in [2.45, 2.75) is 6.42 Å². The molecule has 0 saturated carbocycles. The molecule has 1 aliphatic heterocycles. The minimum absolute atomic E-state index is 0.0683. The SMILES string of the molecule is O=C1CCO[CH]CN1. The second kappa shape index (κ2) is 2.67. The normalized spacial score (nSPS) is 21.8. The molecule has 0 aromatic rings. The average molecular weight is 114 g/mol. The van der Waals surface area contributed by atoms with Crippen LogP contribution >= 0.6 is 0 Å². The van der Waals surface area contributed by atoms with Gasteiger partial charge < -0.3 is 10.1 Å². The van der Waals surface area contributed by atoms with Crippen LogP contribution in [0.15, 0.2) is 0 Å². The maximum Gasteiger partial charge on any atom is 0.222 e. The zero-order chi connectivity index (χ0) is 5.82. The standard InChI is InChI=1S/C5H8NO2/c7-5-1-3-8-4-2-6-5/h4H,1-3H2,(H,6,7). The summed E-state index contributed by atoms with van der Waals surface area (Å²) in [6, 6.07) is 0. The van der Waals surface area contributed by atoms with Crippen molar-refractivity contribution in [1.29, 1.82) is 0 Å². The molecule has 1 N–H and O–H groups in total. The molecule has 1 saturated heterocycles. The molecule has 45 valence electrons. The van der Waals surface area contributed by atoms with Crippen LogP contribution < -0.4 is 5.32 Å². The van der Waals surface area contributed by atoms with Gasteiger partial charge in [-0.2, -0.15) is 0 Å². The average Bonchev–Trinajstić information content (AvgIpc) is 1.94. The molecule has 1 rings (SSSR count). The topological polar surface area (TPSA) is 38.3 Å². The second-order valence-corrected chi connectivity index (χ2v) is 1.59. The summed E-state index contributed by atoms with van der Waals surface area (Å²) in [6.45, 7) is 2.66. The van der Waals surface area contributed by atoms with Crippen LogP contribution in [0.25, 0.3) is 0 Å². The summed E-state index contributed by atoms with van der Waals surface area (Å²) in [6.07, 6.45) is 0.483. The van der Waals surface area contributed by atoms with Gasteiger partial charge in [0.1, 0.15) is 6.61 Å². The third-order valence-corrected chi connectivity index (χ3v) is 0.947. The molecule has 0 aliphatic carbocycles. The second-order valence-electron chi connectivity index (χ2n) is 1.59. The molecular formula is C5H8NO2. The van der Waals surface area contributed by atoms with Gasteiger partial charge in [0.25, 0.3) is 0 Å². The fraction of sp³-hybridized carbons (Fsp3) is 0.600. The van der Waals surface area contributed by atoms with E-state index in [0.717, 1.165) is 0 Å². The van der Waals surface area contributed by atoms with Crippen molar-refractivity contribution in [3.63, 3.8) is 0 Å². The summed E-state index contributed by atoms with van der Waals surface area (Å²) in [5, 5.41) is 2.62. The highest BCUT2D eigenvalue weighted by atomic mass is 16.5. The van der Waals surface area contributed by atoms with Gasteiger partial charge >= 0.3 is 0 Å². The van der Waals surface area contributed by atoms with Crippen LogP contribution in [-0.2, 0) is 9.53 Å². The number of rotatable bonds is 0. The number of carbonyl (C=O) groups excluding carboxylic acids is 1. The third-order valence-electron chi connectivity index (χ3n) is 0.947. The van der Waals surface area contributed by atoms with Gasteiger partial charge in [-0.1, -0.05) is 0 Å². The lowest BCUT2D eigenvalue weighted by molar-refractivity contribution is -0.120. The summed E-state index contributed by atoms with van der Waals surface area (Å²) >= 11 is 0. The quantitative estimate of drug-likeness (QED) is 0.469. The Hall–Kier alpha value is -0.570. The van der Waals surface area contributed by atoms with Crippen molar-refractivity contribution in [2.75, 3.05) is 13.2 Å². The molecule has 0 aromatic heterocycles. The number of ether oxygens (including phenoxy) is 1. The van der Waals surface area contributed by atoms with Crippen LogP contribution in [0, 0.1) is 6.61 Å². The highest BCUT2D eigenvalue weighted by Crippen LogP contribution is 1.90. The van der Waals surface area contributed by atoms with Crippen LogP contribution in [0.1, 0.15) is 6.42 Å². The summed E-state index contributed by atoms with van der Waals surface area (Å²) in [5.74, 6) is 0.0683.